The van der Waals surface area contributed by atoms with Gasteiger partial charge in [-0.15, -0.1) is 21.5 Å². The molecule has 10 heteroatoms. The fraction of sp³-hybridized carbons (Fsp3) is 0.238. The van der Waals surface area contributed by atoms with Crippen molar-refractivity contribution in [3.8, 4) is 10.7 Å². The highest BCUT2D eigenvalue weighted by Crippen LogP contribution is 2.30. The molecule has 0 aliphatic rings. The lowest BCUT2D eigenvalue weighted by atomic mass is 10.1. The van der Waals surface area contributed by atoms with Crippen LogP contribution in [0.2, 0.25) is 0 Å². The standard InChI is InChI=1S/C21H20N4O4S2/c1-3-25-19(17-6-5-9-30-17)23-24-20(25)31-12-13-10-18(26)29-16-11-14(7-8-15(13)16)22-21(27)28-4-2/h5-11H,3-4,12H2,1-2H3,(H,22,27). The Kier molecular flexibility index (Phi) is 6.38. The fourth-order valence-electron chi connectivity index (χ4n) is 3.12. The van der Waals surface area contributed by atoms with Gasteiger partial charge in [0.15, 0.2) is 11.0 Å². The second-order valence-corrected chi connectivity index (χ2v) is 8.35. The average Bonchev–Trinajstić information content (AvgIpc) is 3.41. The molecule has 31 heavy (non-hydrogen) atoms. The fourth-order valence-corrected chi connectivity index (χ4v) is 4.83. The van der Waals surface area contributed by atoms with Gasteiger partial charge in [-0.3, -0.25) is 5.32 Å². The molecule has 0 bridgehead atoms. The predicted octanol–water partition coefficient (Wildman–Crippen LogP) is 4.99. The molecule has 4 aromatic rings. The lowest BCUT2D eigenvalue weighted by Crippen LogP contribution is -2.13. The van der Waals surface area contributed by atoms with Crippen LogP contribution in [0, 0.1) is 0 Å². The number of nitrogens with one attached hydrogen (secondary N) is 1. The van der Waals surface area contributed by atoms with Crippen LogP contribution in [0.15, 0.2) is 56.1 Å². The van der Waals surface area contributed by atoms with Crippen molar-refractivity contribution in [3.63, 3.8) is 0 Å². The van der Waals surface area contributed by atoms with E-state index < -0.39 is 11.7 Å². The van der Waals surface area contributed by atoms with E-state index in [9.17, 15) is 9.59 Å². The smallest absolute Gasteiger partial charge is 0.411 e. The molecule has 8 nitrogen and oxygen atoms in total. The molecular weight excluding hydrogens is 436 g/mol. The van der Waals surface area contributed by atoms with Crippen LogP contribution in [0.1, 0.15) is 19.4 Å². The van der Waals surface area contributed by atoms with Crippen molar-refractivity contribution in [1.82, 2.24) is 14.8 Å². The van der Waals surface area contributed by atoms with Crippen molar-refractivity contribution < 1.29 is 13.9 Å². The van der Waals surface area contributed by atoms with E-state index in [1.165, 1.54) is 17.8 Å². The van der Waals surface area contributed by atoms with Crippen molar-refractivity contribution in [2.45, 2.75) is 31.3 Å². The molecule has 1 aromatic carbocycles. The number of carbonyl (C=O) groups excluding carboxylic acids is 1. The van der Waals surface area contributed by atoms with E-state index in [2.05, 4.69) is 27.0 Å². The van der Waals surface area contributed by atoms with Crippen LogP contribution in [0.5, 0.6) is 0 Å². The third-order valence-corrected chi connectivity index (χ3v) is 6.36. The number of amides is 1. The van der Waals surface area contributed by atoms with Gasteiger partial charge in [0.1, 0.15) is 5.58 Å². The Hall–Kier alpha value is -3.11. The number of thioether (sulfide) groups is 1. The lowest BCUT2D eigenvalue weighted by molar-refractivity contribution is 0.168. The first-order valence-electron chi connectivity index (χ1n) is 9.69. The van der Waals surface area contributed by atoms with Crippen LogP contribution >= 0.6 is 23.1 Å². The zero-order valence-corrected chi connectivity index (χ0v) is 18.6. The zero-order valence-electron chi connectivity index (χ0n) is 17.0. The number of anilines is 1. The summed E-state index contributed by atoms with van der Waals surface area (Å²) in [5, 5.41) is 14.9. The first kappa shape index (κ1) is 21.1. The maximum Gasteiger partial charge on any atom is 0.411 e. The number of rotatable bonds is 7. The second kappa shape index (κ2) is 9.36. The Morgan fingerprint density at radius 1 is 1.26 bits per heavy atom. The predicted molar refractivity (Wildman–Crippen MR) is 122 cm³/mol. The van der Waals surface area contributed by atoms with Crippen molar-refractivity contribution >= 4 is 45.8 Å². The lowest BCUT2D eigenvalue weighted by Gasteiger charge is -2.09. The Morgan fingerprint density at radius 2 is 2.13 bits per heavy atom. The van der Waals surface area contributed by atoms with E-state index >= 15 is 0 Å². The molecule has 3 heterocycles. The summed E-state index contributed by atoms with van der Waals surface area (Å²) in [6.45, 7) is 4.79. The minimum Gasteiger partial charge on any atom is -0.450 e. The zero-order chi connectivity index (χ0) is 21.8. The van der Waals surface area contributed by atoms with E-state index in [0.29, 0.717) is 17.0 Å². The molecule has 4 rings (SSSR count). The number of thiophene rings is 1. The number of nitrogens with zero attached hydrogens (tertiary/aromatic N) is 3. The molecule has 0 radical (unpaired) electrons. The molecule has 160 valence electrons. The molecule has 0 saturated carbocycles. The summed E-state index contributed by atoms with van der Waals surface area (Å²) in [5.41, 5.74) is 1.26. The quantitative estimate of drug-likeness (QED) is 0.309. The van der Waals surface area contributed by atoms with Crippen LogP contribution in [-0.2, 0) is 17.0 Å². The van der Waals surface area contributed by atoms with Crippen LogP contribution in [0.3, 0.4) is 0 Å². The van der Waals surface area contributed by atoms with Crippen molar-refractivity contribution in [3.05, 3.63) is 57.8 Å². The van der Waals surface area contributed by atoms with Gasteiger partial charge in [0.05, 0.1) is 11.5 Å². The van der Waals surface area contributed by atoms with Crippen LogP contribution < -0.4 is 10.9 Å². The third-order valence-electron chi connectivity index (χ3n) is 4.48. The molecule has 0 saturated heterocycles. The van der Waals surface area contributed by atoms with Gasteiger partial charge >= 0.3 is 11.7 Å². The Labute approximate surface area is 186 Å². The normalized spacial score (nSPS) is 11.0. The van der Waals surface area contributed by atoms with E-state index in [0.717, 1.165) is 33.4 Å². The Bertz CT molecular complexity index is 1260. The molecule has 1 N–H and O–H groups in total. The van der Waals surface area contributed by atoms with Crippen molar-refractivity contribution in [2.75, 3.05) is 11.9 Å². The maximum absolute atomic E-state index is 12.1. The average molecular weight is 457 g/mol. The van der Waals surface area contributed by atoms with Gasteiger partial charge in [0.25, 0.3) is 0 Å². The van der Waals surface area contributed by atoms with E-state index in [-0.39, 0.29) is 6.61 Å². The first-order valence-corrected chi connectivity index (χ1v) is 11.6. The minimum atomic E-state index is -0.559. The van der Waals surface area contributed by atoms with Gasteiger partial charge in [0, 0.05) is 35.5 Å². The van der Waals surface area contributed by atoms with Gasteiger partial charge in [-0.1, -0.05) is 17.8 Å². The highest BCUT2D eigenvalue weighted by molar-refractivity contribution is 7.98. The van der Waals surface area contributed by atoms with E-state index in [1.807, 2.05) is 23.6 Å². The molecular formula is C21H20N4O4S2. The Morgan fingerprint density at radius 3 is 2.87 bits per heavy atom. The second-order valence-electron chi connectivity index (χ2n) is 6.46. The van der Waals surface area contributed by atoms with Gasteiger partial charge in [-0.25, -0.2) is 9.59 Å². The summed E-state index contributed by atoms with van der Waals surface area (Å²) < 4.78 is 12.3. The number of hydrogen-bond donors (Lipinski definition) is 1. The largest absolute Gasteiger partial charge is 0.450 e. The molecule has 0 spiro atoms. The highest BCUT2D eigenvalue weighted by Gasteiger charge is 2.15. The Balaban J connectivity index is 1.59. The van der Waals surface area contributed by atoms with Gasteiger partial charge < -0.3 is 13.7 Å². The van der Waals surface area contributed by atoms with E-state index in [1.54, 1.807) is 30.4 Å². The van der Waals surface area contributed by atoms with Crippen molar-refractivity contribution in [1.29, 1.82) is 0 Å². The summed E-state index contributed by atoms with van der Waals surface area (Å²) in [5.74, 6) is 1.36. The molecule has 0 aliphatic heterocycles. The van der Waals surface area contributed by atoms with Crippen molar-refractivity contribution in [2.24, 2.45) is 0 Å². The number of benzene rings is 1. The van der Waals surface area contributed by atoms with Crippen LogP contribution in [-0.4, -0.2) is 27.5 Å². The molecule has 0 fully saturated rings. The summed E-state index contributed by atoms with van der Waals surface area (Å²) in [6, 6.07) is 10.7. The number of hydrogen-bond acceptors (Lipinski definition) is 8. The molecule has 0 unspecified atom stereocenters. The van der Waals surface area contributed by atoms with Gasteiger partial charge in [0.2, 0.25) is 0 Å². The van der Waals surface area contributed by atoms with Gasteiger partial charge in [-0.2, -0.15) is 0 Å². The topological polar surface area (TPSA) is 99.2 Å². The summed E-state index contributed by atoms with van der Waals surface area (Å²) in [7, 11) is 0. The molecule has 0 atom stereocenters. The summed E-state index contributed by atoms with van der Waals surface area (Å²) in [4.78, 5) is 24.8. The molecule has 3 aromatic heterocycles. The minimum absolute atomic E-state index is 0.270. The summed E-state index contributed by atoms with van der Waals surface area (Å²) in [6.07, 6.45) is -0.559. The van der Waals surface area contributed by atoms with E-state index in [4.69, 9.17) is 9.15 Å². The van der Waals surface area contributed by atoms with Crippen LogP contribution in [0.25, 0.3) is 21.7 Å². The number of fused-ring (bicyclic) bond motifs is 1. The maximum atomic E-state index is 12.1. The van der Waals surface area contributed by atoms with Crippen LogP contribution in [0.4, 0.5) is 10.5 Å². The third kappa shape index (κ3) is 4.64. The SMILES string of the molecule is CCOC(=O)Nc1ccc2c(CSc3nnc(-c4cccs4)n3CC)cc(=O)oc2c1. The molecule has 0 aliphatic carbocycles. The first-order chi connectivity index (χ1) is 15.1. The number of ether oxygens (including phenoxy) is 1. The number of aromatic nitrogens is 3. The summed E-state index contributed by atoms with van der Waals surface area (Å²) >= 11 is 3.13. The monoisotopic (exact) mass is 456 g/mol. The highest BCUT2D eigenvalue weighted by atomic mass is 32.2. The number of carbonyl (C=O) groups is 1. The molecule has 1 amide bonds. The van der Waals surface area contributed by atoms with Gasteiger partial charge in [-0.05, 0) is 43.0 Å².